The van der Waals surface area contributed by atoms with Crippen molar-refractivity contribution in [1.29, 1.82) is 5.26 Å². The summed E-state index contributed by atoms with van der Waals surface area (Å²) < 4.78 is 5.87. The molecule has 0 spiro atoms. The van der Waals surface area contributed by atoms with Gasteiger partial charge < -0.3 is 15.4 Å². The van der Waals surface area contributed by atoms with Crippen molar-refractivity contribution in [2.75, 3.05) is 17.7 Å². The first-order valence-electron chi connectivity index (χ1n) is 10.3. The normalized spacial score (nSPS) is 17.2. The molecular weight excluding hydrogens is 540 g/mol. The largest absolute Gasteiger partial charge is 0.465 e. The zero-order valence-electron chi connectivity index (χ0n) is 18.3. The molecule has 0 aliphatic carbocycles. The number of amides is 2. The number of allylic oxidation sites excluding steroid dienone is 1. The summed E-state index contributed by atoms with van der Waals surface area (Å²) in [4.78, 5) is 49.1. The van der Waals surface area contributed by atoms with Crippen molar-refractivity contribution in [2.45, 2.75) is 12.8 Å². The number of ether oxygens (including phenoxy) is 1. The van der Waals surface area contributed by atoms with E-state index in [2.05, 4.69) is 26.6 Å². The number of carbonyl (C=O) groups excluding carboxylic acids is 3. The maximum atomic E-state index is 13.0. The van der Waals surface area contributed by atoms with Gasteiger partial charge >= 0.3 is 5.97 Å². The van der Waals surface area contributed by atoms with Crippen molar-refractivity contribution in [3.63, 3.8) is 0 Å². The van der Waals surface area contributed by atoms with Crippen LogP contribution in [-0.2, 0) is 19.1 Å². The summed E-state index contributed by atoms with van der Waals surface area (Å²) in [6.07, 6.45) is 0. The van der Waals surface area contributed by atoms with Gasteiger partial charge in [-0.1, -0.05) is 45.9 Å². The molecule has 0 aromatic heterocycles. The Morgan fingerprint density at radius 1 is 1.26 bits per heavy atom. The number of thioether (sulfide) groups is 1. The van der Waals surface area contributed by atoms with Crippen LogP contribution >= 0.6 is 27.7 Å². The average molecular weight is 559 g/mol. The summed E-state index contributed by atoms with van der Waals surface area (Å²) in [5.74, 6) is -5.01. The number of hydrogen-bond donors (Lipinski definition) is 2. The topological polar surface area (TPSA) is 151 Å². The lowest BCUT2D eigenvalue weighted by molar-refractivity contribution is -0.385. The summed E-state index contributed by atoms with van der Waals surface area (Å²) in [5, 5.41) is 26.9. The first kappa shape index (κ1) is 25.9. The maximum absolute atomic E-state index is 13.0. The van der Waals surface area contributed by atoms with Crippen molar-refractivity contribution in [2.24, 2.45) is 5.92 Å². The van der Waals surface area contributed by atoms with Crippen molar-refractivity contribution in [1.82, 2.24) is 5.32 Å². The van der Waals surface area contributed by atoms with Crippen LogP contribution < -0.4 is 10.6 Å². The van der Waals surface area contributed by atoms with Crippen LogP contribution in [-0.4, -0.2) is 35.1 Å². The van der Waals surface area contributed by atoms with Gasteiger partial charge in [0.05, 0.1) is 39.9 Å². The number of para-hydroxylation sites is 1. The van der Waals surface area contributed by atoms with Crippen LogP contribution in [0.2, 0.25) is 0 Å². The molecule has 1 aliphatic rings. The summed E-state index contributed by atoms with van der Waals surface area (Å²) in [5.41, 5.74) is 0.172. The van der Waals surface area contributed by atoms with Gasteiger partial charge in [-0.25, -0.2) is 0 Å². The third-order valence-corrected chi connectivity index (χ3v) is 6.56. The molecule has 2 aromatic rings. The second-order valence-corrected chi connectivity index (χ2v) is 9.11. The molecule has 0 fully saturated rings. The highest BCUT2D eigenvalue weighted by Gasteiger charge is 2.46. The standard InChI is InChI=1S/C23H19BrN4O6S/c1-2-34-23(31)20-19(15-5-3-4-6-17(15)28(32)33)16(11-25)22(27-21(20)30)35-12-18(29)26-14-9-7-13(24)8-10-14/h3-10,19-20H,2,12H2,1H3,(H,26,29)(H,27,30)/t19-,20-/m1/s1. The number of nitro groups is 1. The first-order chi connectivity index (χ1) is 16.8. The number of halogens is 1. The van der Waals surface area contributed by atoms with E-state index in [1.54, 1.807) is 31.2 Å². The number of rotatable bonds is 8. The second-order valence-electron chi connectivity index (χ2n) is 7.21. The van der Waals surface area contributed by atoms with Crippen LogP contribution in [0.25, 0.3) is 0 Å². The molecule has 1 heterocycles. The molecule has 1 aliphatic heterocycles. The molecular formula is C23H19BrN4O6S. The van der Waals surface area contributed by atoms with Gasteiger partial charge in [-0.2, -0.15) is 5.26 Å². The lowest BCUT2D eigenvalue weighted by atomic mass is 9.78. The van der Waals surface area contributed by atoms with Gasteiger partial charge in [-0.05, 0) is 31.2 Å². The minimum Gasteiger partial charge on any atom is -0.465 e. The Labute approximate surface area is 213 Å². The van der Waals surface area contributed by atoms with E-state index in [-0.39, 0.29) is 34.2 Å². The first-order valence-corrected chi connectivity index (χ1v) is 12.1. The minimum absolute atomic E-state index is 0.0182. The number of nitro benzene ring substituents is 1. The molecule has 0 unspecified atom stereocenters. The number of nitriles is 1. The third kappa shape index (κ3) is 6.06. The van der Waals surface area contributed by atoms with E-state index in [1.165, 1.54) is 24.3 Å². The number of nitrogens with zero attached hydrogens (tertiary/aromatic N) is 2. The van der Waals surface area contributed by atoms with Gasteiger partial charge in [0.1, 0.15) is 5.92 Å². The van der Waals surface area contributed by atoms with Gasteiger partial charge in [-0.3, -0.25) is 24.5 Å². The number of benzene rings is 2. The monoisotopic (exact) mass is 558 g/mol. The summed E-state index contributed by atoms with van der Waals surface area (Å²) in [7, 11) is 0. The Morgan fingerprint density at radius 3 is 2.57 bits per heavy atom. The Hall–Kier alpha value is -3.69. The molecule has 2 amide bonds. The zero-order valence-corrected chi connectivity index (χ0v) is 20.7. The van der Waals surface area contributed by atoms with Crippen LogP contribution in [0.4, 0.5) is 11.4 Å². The minimum atomic E-state index is -1.51. The Balaban J connectivity index is 1.97. The molecule has 0 saturated heterocycles. The van der Waals surface area contributed by atoms with E-state index in [0.717, 1.165) is 16.2 Å². The fourth-order valence-electron chi connectivity index (χ4n) is 3.55. The molecule has 2 aromatic carbocycles. The van der Waals surface area contributed by atoms with E-state index in [9.17, 15) is 29.8 Å². The summed E-state index contributed by atoms with van der Waals surface area (Å²) >= 11 is 4.20. The van der Waals surface area contributed by atoms with Crippen LogP contribution in [0.15, 0.2) is 63.6 Å². The molecule has 10 nitrogen and oxygen atoms in total. The van der Waals surface area contributed by atoms with Crippen LogP contribution in [0.3, 0.4) is 0 Å². The number of carbonyl (C=O) groups is 3. The SMILES string of the molecule is CCOC(=O)[C@H]1C(=O)NC(SCC(=O)Nc2ccc(Br)cc2)=C(C#N)[C@H]1c1ccccc1[N+](=O)[O-]. The Bertz CT molecular complexity index is 1240. The predicted molar refractivity (Wildman–Crippen MR) is 132 cm³/mol. The van der Waals surface area contributed by atoms with Gasteiger partial charge in [-0.15, -0.1) is 0 Å². The predicted octanol–water partition coefficient (Wildman–Crippen LogP) is 3.86. The van der Waals surface area contributed by atoms with Crippen LogP contribution in [0, 0.1) is 27.4 Å². The van der Waals surface area contributed by atoms with E-state index in [0.29, 0.717) is 5.69 Å². The zero-order chi connectivity index (χ0) is 25.5. The molecule has 0 saturated carbocycles. The van der Waals surface area contributed by atoms with Gasteiger partial charge in [0.15, 0.2) is 0 Å². The molecule has 2 atom stereocenters. The van der Waals surface area contributed by atoms with Crippen molar-refractivity contribution < 1.29 is 24.0 Å². The van der Waals surface area contributed by atoms with Crippen LogP contribution in [0.1, 0.15) is 18.4 Å². The molecule has 12 heteroatoms. The number of esters is 1. The second kappa shape index (κ2) is 11.6. The lowest BCUT2D eigenvalue weighted by Gasteiger charge is -2.30. The van der Waals surface area contributed by atoms with Crippen LogP contribution in [0.5, 0.6) is 0 Å². The Morgan fingerprint density at radius 2 is 1.94 bits per heavy atom. The van der Waals surface area contributed by atoms with Crippen molar-refractivity contribution >= 4 is 56.9 Å². The smallest absolute Gasteiger partial charge is 0.319 e. The van der Waals surface area contributed by atoms with E-state index < -0.39 is 34.5 Å². The highest BCUT2D eigenvalue weighted by atomic mass is 79.9. The Kier molecular flexibility index (Phi) is 8.62. The molecule has 3 rings (SSSR count). The number of nitrogens with one attached hydrogen (secondary N) is 2. The van der Waals surface area contributed by atoms with Crippen molar-refractivity contribution in [3.8, 4) is 6.07 Å². The molecule has 0 bridgehead atoms. The van der Waals surface area contributed by atoms with Gasteiger partial charge in [0.25, 0.3) is 5.69 Å². The quantitative estimate of drug-likeness (QED) is 0.214. The fourth-order valence-corrected chi connectivity index (χ4v) is 4.66. The molecule has 180 valence electrons. The summed E-state index contributed by atoms with van der Waals surface area (Å²) in [6, 6.07) is 14.5. The number of anilines is 1. The summed E-state index contributed by atoms with van der Waals surface area (Å²) in [6.45, 7) is 1.54. The average Bonchev–Trinajstić information content (AvgIpc) is 2.83. The highest BCUT2D eigenvalue weighted by molar-refractivity contribution is 9.10. The number of hydrogen-bond acceptors (Lipinski definition) is 8. The maximum Gasteiger partial charge on any atom is 0.319 e. The van der Waals surface area contributed by atoms with E-state index in [1.807, 2.05) is 6.07 Å². The van der Waals surface area contributed by atoms with Gasteiger partial charge in [0, 0.05) is 21.8 Å². The molecule has 2 N–H and O–H groups in total. The van der Waals surface area contributed by atoms with E-state index >= 15 is 0 Å². The molecule has 0 radical (unpaired) electrons. The third-order valence-electron chi connectivity index (χ3n) is 5.01. The fraction of sp³-hybridized carbons (Fsp3) is 0.217. The van der Waals surface area contributed by atoms with Crippen molar-refractivity contribution in [3.05, 3.63) is 79.3 Å². The molecule has 35 heavy (non-hydrogen) atoms. The lowest BCUT2D eigenvalue weighted by Crippen LogP contribution is -2.44. The van der Waals surface area contributed by atoms with Gasteiger partial charge in [0.2, 0.25) is 11.8 Å². The van der Waals surface area contributed by atoms with E-state index in [4.69, 9.17) is 4.74 Å². The highest BCUT2D eigenvalue weighted by Crippen LogP contribution is 2.43.